The Bertz CT molecular complexity index is 960. The van der Waals surface area contributed by atoms with Crippen LogP contribution < -0.4 is 61.8 Å². The van der Waals surface area contributed by atoms with E-state index in [-0.39, 0.29) is 70.1 Å². The van der Waals surface area contributed by atoms with Crippen molar-refractivity contribution in [3.8, 4) is 17.1 Å². The van der Waals surface area contributed by atoms with Crippen LogP contribution in [0.3, 0.4) is 0 Å². The van der Waals surface area contributed by atoms with Crippen LogP contribution in [0.2, 0.25) is 0 Å². The van der Waals surface area contributed by atoms with Gasteiger partial charge in [-0.3, -0.25) is 4.79 Å². The topological polar surface area (TPSA) is 120 Å². The molecule has 1 saturated carbocycles. The van der Waals surface area contributed by atoms with Gasteiger partial charge in [-0.1, -0.05) is 48.5 Å². The zero-order valence-corrected chi connectivity index (χ0v) is 18.9. The summed E-state index contributed by atoms with van der Waals surface area (Å²) < 4.78 is 1.53. The van der Waals surface area contributed by atoms with Crippen LogP contribution in [0.25, 0.3) is 17.1 Å². The Kier molecular flexibility index (Phi) is 6.67. The molecule has 1 aliphatic rings. The fourth-order valence-electron chi connectivity index (χ4n) is 3.27. The molecule has 142 valence electrons. The van der Waals surface area contributed by atoms with Gasteiger partial charge in [-0.25, -0.2) is 9.67 Å². The summed E-state index contributed by atoms with van der Waals surface area (Å²) in [6.45, 7) is 0. The van der Waals surface area contributed by atoms with Gasteiger partial charge in [0.1, 0.15) is 0 Å². The number of carboxylic acid groups (broad SMARTS) is 1. The van der Waals surface area contributed by atoms with E-state index in [0.29, 0.717) is 11.5 Å². The monoisotopic (exact) mass is 416 g/mol. The standard InChI is InChI=1S/C20H18N4O4.K/c25-15-11-20(12-15,19(27)28)22-18(26)16-21-17(13-7-3-1-4-8-13)24(23-16)14-9-5-2-6-10-14;/h1-10,15,25H,11-12H2,(H,22,26)(H,27,28);/q;+1/p-1. The number of aliphatic hydroxyl groups is 1. The van der Waals surface area contributed by atoms with Gasteiger partial charge in [0.2, 0.25) is 5.82 Å². The van der Waals surface area contributed by atoms with Gasteiger partial charge in [-0.2, -0.15) is 0 Å². The second kappa shape index (κ2) is 8.86. The molecule has 1 aromatic heterocycles. The first-order valence-electron chi connectivity index (χ1n) is 8.78. The molecule has 0 saturated heterocycles. The summed E-state index contributed by atoms with van der Waals surface area (Å²) in [6.07, 6.45) is -0.995. The second-order valence-corrected chi connectivity index (χ2v) is 6.76. The average Bonchev–Trinajstić information content (AvgIpc) is 3.13. The molecular formula is C20H17KN4O4. The van der Waals surface area contributed by atoms with Crippen LogP contribution in [0.15, 0.2) is 60.7 Å². The molecule has 2 N–H and O–H groups in total. The summed E-state index contributed by atoms with van der Waals surface area (Å²) in [4.78, 5) is 28.5. The third-order valence-corrected chi connectivity index (χ3v) is 4.75. The normalized spacial score (nSPS) is 20.2. The maximum atomic E-state index is 12.7. The molecule has 9 heteroatoms. The number of carboxylic acids is 1. The number of aromatic nitrogens is 3. The van der Waals surface area contributed by atoms with Crippen molar-refractivity contribution in [3.63, 3.8) is 0 Å². The van der Waals surface area contributed by atoms with E-state index in [2.05, 4.69) is 15.4 Å². The van der Waals surface area contributed by atoms with Gasteiger partial charge in [0.05, 0.1) is 23.3 Å². The summed E-state index contributed by atoms with van der Waals surface area (Å²) in [5.74, 6) is -1.88. The number of nitrogens with one attached hydrogen (secondary N) is 1. The molecule has 0 aliphatic heterocycles. The Labute approximate surface area is 209 Å². The smallest absolute Gasteiger partial charge is 0.548 e. The zero-order chi connectivity index (χ0) is 19.7. The van der Waals surface area contributed by atoms with Crippen molar-refractivity contribution in [2.75, 3.05) is 0 Å². The van der Waals surface area contributed by atoms with E-state index in [0.717, 1.165) is 5.56 Å². The third kappa shape index (κ3) is 4.35. The molecular weight excluding hydrogens is 399 g/mol. The summed E-state index contributed by atoms with van der Waals surface area (Å²) >= 11 is 0. The summed E-state index contributed by atoms with van der Waals surface area (Å²) in [5, 5.41) is 27.6. The van der Waals surface area contributed by atoms with Crippen LogP contribution in [0.5, 0.6) is 0 Å². The number of benzene rings is 2. The number of hydrogen-bond acceptors (Lipinski definition) is 6. The SMILES string of the molecule is O=C(NC1(C(=O)[O-])CC(O)C1)c1nc(-c2ccccc2)n(-c2ccccc2)n1.[K+]. The van der Waals surface area contributed by atoms with Crippen LogP contribution in [0.4, 0.5) is 0 Å². The molecule has 0 spiro atoms. The minimum Gasteiger partial charge on any atom is -0.548 e. The van der Waals surface area contributed by atoms with E-state index in [4.69, 9.17) is 0 Å². The summed E-state index contributed by atoms with van der Waals surface area (Å²) in [6, 6.07) is 18.4. The van der Waals surface area contributed by atoms with E-state index >= 15 is 0 Å². The Morgan fingerprint density at radius 2 is 1.66 bits per heavy atom. The van der Waals surface area contributed by atoms with Crippen molar-refractivity contribution in [3.05, 3.63) is 66.5 Å². The number of aliphatic hydroxyl groups excluding tert-OH is 1. The van der Waals surface area contributed by atoms with E-state index in [1.807, 2.05) is 60.7 Å². The van der Waals surface area contributed by atoms with Gasteiger partial charge >= 0.3 is 51.4 Å². The summed E-state index contributed by atoms with van der Waals surface area (Å²) in [7, 11) is 0. The molecule has 1 heterocycles. The molecule has 0 atom stereocenters. The van der Waals surface area contributed by atoms with Gasteiger partial charge < -0.3 is 20.3 Å². The molecule has 29 heavy (non-hydrogen) atoms. The molecule has 0 radical (unpaired) electrons. The van der Waals surface area contributed by atoms with E-state index < -0.39 is 23.5 Å². The van der Waals surface area contributed by atoms with Crippen LogP contribution >= 0.6 is 0 Å². The number of amides is 1. The maximum Gasteiger partial charge on any atom is 1.00 e. The van der Waals surface area contributed by atoms with Crippen molar-refractivity contribution >= 4 is 11.9 Å². The maximum absolute atomic E-state index is 12.7. The first-order valence-corrected chi connectivity index (χ1v) is 8.78. The minimum atomic E-state index is -1.60. The molecule has 8 nitrogen and oxygen atoms in total. The van der Waals surface area contributed by atoms with Crippen molar-refractivity contribution in [2.45, 2.75) is 24.5 Å². The van der Waals surface area contributed by atoms with Crippen molar-refractivity contribution in [2.24, 2.45) is 0 Å². The molecule has 1 fully saturated rings. The third-order valence-electron chi connectivity index (χ3n) is 4.75. The Morgan fingerprint density at radius 3 is 2.21 bits per heavy atom. The Morgan fingerprint density at radius 1 is 1.07 bits per heavy atom. The van der Waals surface area contributed by atoms with Gasteiger partial charge in [0.15, 0.2) is 5.82 Å². The van der Waals surface area contributed by atoms with Crippen LogP contribution in [-0.2, 0) is 4.79 Å². The Balaban J connectivity index is 0.00000240. The summed E-state index contributed by atoms with van der Waals surface area (Å²) in [5.41, 5.74) is -0.130. The number of aliphatic carboxylic acids is 1. The molecule has 1 amide bonds. The zero-order valence-electron chi connectivity index (χ0n) is 15.8. The number of para-hydroxylation sites is 1. The number of nitrogens with zero attached hydrogens (tertiary/aromatic N) is 3. The molecule has 0 bridgehead atoms. The second-order valence-electron chi connectivity index (χ2n) is 6.76. The van der Waals surface area contributed by atoms with Crippen LogP contribution in [0, 0.1) is 0 Å². The van der Waals surface area contributed by atoms with Gasteiger partial charge in [-0.15, -0.1) is 5.10 Å². The van der Waals surface area contributed by atoms with Crippen molar-refractivity contribution in [1.82, 2.24) is 20.1 Å². The van der Waals surface area contributed by atoms with E-state index in [1.54, 1.807) is 0 Å². The quantitative estimate of drug-likeness (QED) is 0.437. The van der Waals surface area contributed by atoms with Crippen molar-refractivity contribution in [1.29, 1.82) is 0 Å². The number of hydrogen-bond donors (Lipinski definition) is 2. The van der Waals surface area contributed by atoms with Crippen molar-refractivity contribution < 1.29 is 71.2 Å². The molecule has 3 aromatic rings. The average molecular weight is 416 g/mol. The van der Waals surface area contributed by atoms with Gasteiger partial charge in [0, 0.05) is 18.4 Å². The fourth-order valence-corrected chi connectivity index (χ4v) is 3.27. The first-order chi connectivity index (χ1) is 13.5. The van der Waals surface area contributed by atoms with E-state index in [1.165, 1.54) is 4.68 Å². The molecule has 2 aromatic carbocycles. The van der Waals surface area contributed by atoms with Crippen LogP contribution in [0.1, 0.15) is 23.5 Å². The molecule has 4 rings (SSSR count). The van der Waals surface area contributed by atoms with Gasteiger partial charge in [0.25, 0.3) is 5.91 Å². The first kappa shape index (κ1) is 21.8. The van der Waals surface area contributed by atoms with E-state index in [9.17, 15) is 19.8 Å². The molecule has 0 unspecified atom stereocenters. The number of rotatable bonds is 5. The number of carbonyl (C=O) groups is 2. The number of carbonyl (C=O) groups excluding carboxylic acids is 2. The largest absolute Gasteiger partial charge is 1.00 e. The molecule has 1 aliphatic carbocycles. The minimum absolute atomic E-state index is 0. The Hall–Kier alpha value is -1.88. The van der Waals surface area contributed by atoms with Crippen LogP contribution in [-0.4, -0.2) is 43.4 Å². The predicted molar refractivity (Wildman–Crippen MR) is 97.2 cm³/mol. The predicted octanol–water partition coefficient (Wildman–Crippen LogP) is -2.69. The fraction of sp³-hybridized carbons (Fsp3) is 0.200. The van der Waals surface area contributed by atoms with Gasteiger partial charge in [-0.05, 0) is 12.1 Å².